The largest absolute Gasteiger partial charge is 0.301 e. The second-order valence-corrected chi connectivity index (χ2v) is 6.70. The summed E-state index contributed by atoms with van der Waals surface area (Å²) >= 11 is 0. The first-order valence-corrected chi connectivity index (χ1v) is 7.29. The van der Waals surface area contributed by atoms with Crippen LogP contribution in [0.15, 0.2) is 29.2 Å². The minimum absolute atomic E-state index is 0.0498. The van der Waals surface area contributed by atoms with Gasteiger partial charge in [0.15, 0.2) is 0 Å². The Morgan fingerprint density at radius 3 is 2.24 bits per heavy atom. The number of nitrogens with zero attached hydrogens (tertiary/aromatic N) is 1. The van der Waals surface area contributed by atoms with Gasteiger partial charge >= 0.3 is 10.2 Å². The van der Waals surface area contributed by atoms with Crippen LogP contribution in [0.2, 0.25) is 0 Å². The fraction of sp³-hybridized carbons (Fsp3) is 0.250. The van der Waals surface area contributed by atoms with Gasteiger partial charge in [-0.05, 0) is 18.2 Å². The van der Waals surface area contributed by atoms with Gasteiger partial charge < -0.3 is 0 Å². The molecule has 0 fully saturated rings. The molecule has 0 amide bonds. The van der Waals surface area contributed by atoms with E-state index in [4.69, 9.17) is 4.55 Å². The zero-order valence-corrected chi connectivity index (χ0v) is 10.8. The molecule has 0 aromatic heterocycles. The average Bonchev–Trinajstić information content (AvgIpc) is 2.15. The zero-order valence-electron chi connectivity index (χ0n) is 9.15. The SMILES string of the molecule is CN(C)S(=O)(=O)Nc1cccc(S(=O)(=O)O)c1. The topological polar surface area (TPSA) is 104 Å². The lowest BCUT2D eigenvalue weighted by Gasteiger charge is -2.13. The van der Waals surface area contributed by atoms with Crippen molar-refractivity contribution < 1.29 is 21.4 Å². The highest BCUT2D eigenvalue weighted by Gasteiger charge is 2.15. The Bertz CT molecular complexity index is 607. The fourth-order valence-electron chi connectivity index (χ4n) is 0.960. The summed E-state index contributed by atoms with van der Waals surface area (Å²) in [4.78, 5) is -0.378. The molecular formula is C8H12N2O5S2. The van der Waals surface area contributed by atoms with Gasteiger partial charge in [-0.25, -0.2) is 0 Å². The number of hydrogen-bond donors (Lipinski definition) is 2. The van der Waals surface area contributed by atoms with Crippen LogP contribution < -0.4 is 4.72 Å². The van der Waals surface area contributed by atoms with Crippen molar-refractivity contribution in [2.45, 2.75) is 4.90 Å². The monoisotopic (exact) mass is 280 g/mol. The summed E-state index contributed by atoms with van der Waals surface area (Å²) in [5, 5.41) is 0. The predicted octanol–water partition coefficient (Wildman–Crippen LogP) is 0.152. The van der Waals surface area contributed by atoms with Crippen molar-refractivity contribution in [3.63, 3.8) is 0 Å². The van der Waals surface area contributed by atoms with E-state index in [1.165, 1.54) is 26.2 Å². The van der Waals surface area contributed by atoms with E-state index in [0.29, 0.717) is 0 Å². The molecule has 1 rings (SSSR count). The Kier molecular flexibility index (Phi) is 3.77. The van der Waals surface area contributed by atoms with Crippen LogP contribution in [0.25, 0.3) is 0 Å². The van der Waals surface area contributed by atoms with E-state index in [2.05, 4.69) is 4.72 Å². The highest BCUT2D eigenvalue weighted by molar-refractivity contribution is 7.90. The Morgan fingerprint density at radius 1 is 1.18 bits per heavy atom. The number of nitrogens with one attached hydrogen (secondary N) is 1. The molecule has 0 atom stereocenters. The number of rotatable bonds is 4. The first-order valence-electron chi connectivity index (χ1n) is 4.41. The standard InChI is InChI=1S/C8H12N2O5S2/c1-10(2)17(14,15)9-7-4-3-5-8(6-7)16(11,12)13/h3-6,9H,1-2H3,(H,11,12,13). The lowest BCUT2D eigenvalue weighted by Crippen LogP contribution is -2.28. The fourth-order valence-corrected chi connectivity index (χ4v) is 2.09. The predicted molar refractivity (Wildman–Crippen MR) is 62.5 cm³/mol. The lowest BCUT2D eigenvalue weighted by atomic mass is 10.3. The smallest absolute Gasteiger partial charge is 0.282 e. The number of hydrogen-bond acceptors (Lipinski definition) is 4. The van der Waals surface area contributed by atoms with Crippen LogP contribution in [0.1, 0.15) is 0 Å². The van der Waals surface area contributed by atoms with E-state index >= 15 is 0 Å². The summed E-state index contributed by atoms with van der Waals surface area (Å²) in [6.07, 6.45) is 0. The molecule has 0 saturated carbocycles. The van der Waals surface area contributed by atoms with E-state index in [0.717, 1.165) is 16.4 Å². The van der Waals surface area contributed by atoms with E-state index in [1.807, 2.05) is 0 Å². The van der Waals surface area contributed by atoms with Crippen LogP contribution in [0, 0.1) is 0 Å². The molecule has 0 saturated heterocycles. The van der Waals surface area contributed by atoms with Gasteiger partial charge in [-0.2, -0.15) is 21.1 Å². The van der Waals surface area contributed by atoms with Gasteiger partial charge in [0.1, 0.15) is 0 Å². The van der Waals surface area contributed by atoms with E-state index in [1.54, 1.807) is 0 Å². The van der Waals surface area contributed by atoms with Gasteiger partial charge in [-0.3, -0.25) is 9.27 Å². The second-order valence-electron chi connectivity index (χ2n) is 3.39. The van der Waals surface area contributed by atoms with Gasteiger partial charge in [0, 0.05) is 14.1 Å². The molecule has 17 heavy (non-hydrogen) atoms. The molecule has 96 valence electrons. The molecule has 0 unspecified atom stereocenters. The molecular weight excluding hydrogens is 268 g/mol. The summed E-state index contributed by atoms with van der Waals surface area (Å²) in [6.45, 7) is 0. The molecule has 0 aliphatic rings. The number of anilines is 1. The minimum Gasteiger partial charge on any atom is -0.282 e. The Hall–Kier alpha value is -1.16. The van der Waals surface area contributed by atoms with Crippen LogP contribution in [0.3, 0.4) is 0 Å². The summed E-state index contributed by atoms with van der Waals surface area (Å²) in [6, 6.07) is 4.87. The molecule has 0 aliphatic carbocycles. The lowest BCUT2D eigenvalue weighted by molar-refractivity contribution is 0.483. The van der Waals surface area contributed by atoms with Crippen LogP contribution in [-0.2, 0) is 20.3 Å². The van der Waals surface area contributed by atoms with E-state index in [9.17, 15) is 16.8 Å². The normalized spacial score (nSPS) is 12.7. The van der Waals surface area contributed by atoms with Gasteiger partial charge in [0.2, 0.25) is 0 Å². The first-order chi connectivity index (χ1) is 7.63. The van der Waals surface area contributed by atoms with Crippen molar-refractivity contribution >= 4 is 26.0 Å². The second kappa shape index (κ2) is 4.61. The van der Waals surface area contributed by atoms with Gasteiger partial charge in [0.25, 0.3) is 10.1 Å². The van der Waals surface area contributed by atoms with Crippen LogP contribution >= 0.6 is 0 Å². The van der Waals surface area contributed by atoms with Crippen molar-refractivity contribution in [2.24, 2.45) is 0 Å². The summed E-state index contributed by atoms with van der Waals surface area (Å²) in [5.41, 5.74) is 0.0498. The Balaban J connectivity index is 3.11. The Labute approximate surface area is 100.0 Å². The van der Waals surface area contributed by atoms with E-state index in [-0.39, 0.29) is 10.6 Å². The summed E-state index contributed by atoms with van der Waals surface area (Å²) < 4.78 is 56.5. The third-order valence-corrected chi connectivity index (χ3v) is 4.16. The molecule has 0 radical (unpaired) electrons. The first kappa shape index (κ1) is 13.9. The van der Waals surface area contributed by atoms with Crippen LogP contribution in [0.4, 0.5) is 5.69 Å². The maximum Gasteiger partial charge on any atom is 0.301 e. The van der Waals surface area contributed by atoms with Crippen molar-refractivity contribution in [1.82, 2.24) is 4.31 Å². The minimum atomic E-state index is -4.35. The zero-order chi connectivity index (χ0) is 13.3. The molecule has 0 spiro atoms. The van der Waals surface area contributed by atoms with Gasteiger partial charge in [-0.15, -0.1) is 0 Å². The summed E-state index contributed by atoms with van der Waals surface area (Å²) in [7, 11) is -5.40. The van der Waals surface area contributed by atoms with Gasteiger partial charge in [0.05, 0.1) is 10.6 Å². The maximum atomic E-state index is 11.5. The van der Waals surface area contributed by atoms with Crippen molar-refractivity contribution in [3.05, 3.63) is 24.3 Å². The molecule has 0 aliphatic heterocycles. The number of benzene rings is 1. The third kappa shape index (κ3) is 3.66. The van der Waals surface area contributed by atoms with Gasteiger partial charge in [-0.1, -0.05) is 6.07 Å². The molecule has 0 heterocycles. The third-order valence-electron chi connectivity index (χ3n) is 1.86. The molecule has 7 nitrogen and oxygen atoms in total. The molecule has 1 aromatic rings. The summed E-state index contributed by atoms with van der Waals surface area (Å²) in [5.74, 6) is 0. The molecule has 1 aromatic carbocycles. The maximum absolute atomic E-state index is 11.5. The van der Waals surface area contributed by atoms with Crippen LogP contribution in [0.5, 0.6) is 0 Å². The quantitative estimate of drug-likeness (QED) is 0.764. The van der Waals surface area contributed by atoms with E-state index < -0.39 is 20.3 Å². The highest BCUT2D eigenvalue weighted by atomic mass is 32.2. The van der Waals surface area contributed by atoms with Crippen molar-refractivity contribution in [1.29, 1.82) is 0 Å². The average molecular weight is 280 g/mol. The van der Waals surface area contributed by atoms with Crippen LogP contribution in [-0.4, -0.2) is 39.8 Å². The molecule has 2 N–H and O–H groups in total. The molecule has 0 bridgehead atoms. The molecule has 9 heteroatoms. The Morgan fingerprint density at radius 2 is 1.76 bits per heavy atom. The van der Waals surface area contributed by atoms with Crippen molar-refractivity contribution in [3.8, 4) is 0 Å². The van der Waals surface area contributed by atoms with Crippen molar-refractivity contribution in [2.75, 3.05) is 18.8 Å². The highest BCUT2D eigenvalue weighted by Crippen LogP contribution is 2.16.